The van der Waals surface area contributed by atoms with Crippen molar-refractivity contribution in [3.63, 3.8) is 0 Å². The summed E-state index contributed by atoms with van der Waals surface area (Å²) in [7, 11) is 0. The van der Waals surface area contributed by atoms with Crippen LogP contribution in [0.4, 0.5) is 23.0 Å². The molecule has 0 amide bonds. The molecule has 7 nitrogen and oxygen atoms in total. The van der Waals surface area contributed by atoms with Gasteiger partial charge in [0.05, 0.1) is 6.61 Å². The quantitative estimate of drug-likeness (QED) is 0.748. The maximum atomic E-state index is 9.05. The highest BCUT2D eigenvalue weighted by Gasteiger charge is 2.21. The zero-order valence-corrected chi connectivity index (χ0v) is 15.0. The van der Waals surface area contributed by atoms with Crippen LogP contribution in [0.1, 0.15) is 5.56 Å². The lowest BCUT2D eigenvalue weighted by Gasteiger charge is -2.35. The van der Waals surface area contributed by atoms with Crippen LogP contribution < -0.4 is 16.0 Å². The zero-order valence-electron chi connectivity index (χ0n) is 14.2. The first kappa shape index (κ1) is 17.7. The van der Waals surface area contributed by atoms with E-state index in [2.05, 4.69) is 25.1 Å². The molecule has 25 heavy (non-hydrogen) atoms. The van der Waals surface area contributed by atoms with E-state index >= 15 is 0 Å². The van der Waals surface area contributed by atoms with Crippen LogP contribution in [0.25, 0.3) is 0 Å². The van der Waals surface area contributed by atoms with Crippen LogP contribution in [0.15, 0.2) is 24.5 Å². The fourth-order valence-electron chi connectivity index (χ4n) is 2.96. The van der Waals surface area contributed by atoms with Crippen LogP contribution >= 0.6 is 11.6 Å². The first-order valence-electron chi connectivity index (χ1n) is 8.30. The number of hydrogen-bond acceptors (Lipinski definition) is 7. The van der Waals surface area contributed by atoms with Gasteiger partial charge in [0, 0.05) is 43.4 Å². The van der Waals surface area contributed by atoms with Crippen molar-refractivity contribution in [2.24, 2.45) is 0 Å². The molecule has 1 aromatic heterocycles. The van der Waals surface area contributed by atoms with Gasteiger partial charge in [0.1, 0.15) is 12.0 Å². The molecule has 1 aliphatic heterocycles. The number of nitrogens with zero attached hydrogens (tertiary/aromatic N) is 4. The second-order valence-electron chi connectivity index (χ2n) is 6.10. The summed E-state index contributed by atoms with van der Waals surface area (Å²) in [6.07, 6.45) is 1.53. The third kappa shape index (κ3) is 4.12. The van der Waals surface area contributed by atoms with Gasteiger partial charge in [-0.3, -0.25) is 4.90 Å². The number of aromatic nitrogens is 2. The predicted octanol–water partition coefficient (Wildman–Crippen LogP) is 1.88. The molecule has 0 radical (unpaired) electrons. The topological polar surface area (TPSA) is 90.5 Å². The van der Waals surface area contributed by atoms with Gasteiger partial charge in [-0.05, 0) is 30.7 Å². The van der Waals surface area contributed by atoms with E-state index in [9.17, 15) is 0 Å². The molecule has 0 unspecified atom stereocenters. The standard InChI is InChI=1S/C17H23ClN6O/c1-12-10-13(18)2-3-14(12)22-16-15(19)17(21-11-20-16)24-6-4-23(5-7-24)8-9-25/h2-3,10-11,25H,4-9,19H2,1H3,(H,20,21,22). The minimum Gasteiger partial charge on any atom is -0.395 e. The lowest BCUT2D eigenvalue weighted by atomic mass is 10.2. The van der Waals surface area contributed by atoms with E-state index in [0.29, 0.717) is 23.1 Å². The van der Waals surface area contributed by atoms with Crippen molar-refractivity contribution in [2.45, 2.75) is 6.92 Å². The summed E-state index contributed by atoms with van der Waals surface area (Å²) in [4.78, 5) is 13.0. The molecular formula is C17H23ClN6O. The first-order chi connectivity index (χ1) is 12.1. The second kappa shape index (κ2) is 7.86. The summed E-state index contributed by atoms with van der Waals surface area (Å²) in [6.45, 7) is 6.26. The molecule has 3 rings (SSSR count). The summed E-state index contributed by atoms with van der Waals surface area (Å²) in [5.41, 5.74) is 8.79. The lowest BCUT2D eigenvalue weighted by Crippen LogP contribution is -2.47. The number of nitrogen functional groups attached to an aromatic ring is 1. The highest BCUT2D eigenvalue weighted by Crippen LogP contribution is 2.30. The van der Waals surface area contributed by atoms with Gasteiger partial charge >= 0.3 is 0 Å². The number of halogens is 1. The number of aliphatic hydroxyl groups excluding tert-OH is 1. The molecular weight excluding hydrogens is 340 g/mol. The van der Waals surface area contributed by atoms with Gasteiger partial charge in [-0.25, -0.2) is 9.97 Å². The fraction of sp³-hybridized carbons (Fsp3) is 0.412. The Hall–Kier alpha value is -2.09. The normalized spacial score (nSPS) is 15.4. The molecule has 1 fully saturated rings. The molecule has 2 heterocycles. The number of benzene rings is 1. The maximum Gasteiger partial charge on any atom is 0.159 e. The van der Waals surface area contributed by atoms with E-state index in [0.717, 1.165) is 43.2 Å². The number of rotatable bonds is 5. The number of aliphatic hydroxyl groups is 1. The van der Waals surface area contributed by atoms with E-state index < -0.39 is 0 Å². The van der Waals surface area contributed by atoms with Crippen molar-refractivity contribution in [3.8, 4) is 0 Å². The summed E-state index contributed by atoms with van der Waals surface area (Å²) in [6, 6.07) is 5.63. The fourth-order valence-corrected chi connectivity index (χ4v) is 3.18. The van der Waals surface area contributed by atoms with Gasteiger partial charge < -0.3 is 21.1 Å². The van der Waals surface area contributed by atoms with Gasteiger partial charge in [-0.2, -0.15) is 0 Å². The number of piperazine rings is 1. The Balaban J connectivity index is 1.76. The largest absolute Gasteiger partial charge is 0.395 e. The molecule has 1 aromatic carbocycles. The molecule has 0 aliphatic carbocycles. The first-order valence-corrected chi connectivity index (χ1v) is 8.68. The van der Waals surface area contributed by atoms with E-state index in [-0.39, 0.29) is 6.61 Å². The number of nitrogens with two attached hydrogens (primary N) is 1. The third-order valence-corrected chi connectivity index (χ3v) is 4.63. The van der Waals surface area contributed by atoms with E-state index in [4.69, 9.17) is 22.4 Å². The van der Waals surface area contributed by atoms with E-state index in [1.54, 1.807) is 0 Å². The van der Waals surface area contributed by atoms with E-state index in [1.807, 2.05) is 25.1 Å². The van der Waals surface area contributed by atoms with Crippen LogP contribution in [0.3, 0.4) is 0 Å². The van der Waals surface area contributed by atoms with E-state index in [1.165, 1.54) is 6.33 Å². The predicted molar refractivity (Wildman–Crippen MR) is 102 cm³/mol. The minimum absolute atomic E-state index is 0.185. The van der Waals surface area contributed by atoms with Crippen molar-refractivity contribution < 1.29 is 5.11 Å². The number of anilines is 4. The summed E-state index contributed by atoms with van der Waals surface area (Å²) in [5.74, 6) is 1.33. The molecule has 0 saturated carbocycles. The van der Waals surface area contributed by atoms with Crippen molar-refractivity contribution in [3.05, 3.63) is 35.1 Å². The monoisotopic (exact) mass is 362 g/mol. The summed E-state index contributed by atoms with van der Waals surface area (Å²) >= 11 is 6.01. The lowest BCUT2D eigenvalue weighted by molar-refractivity contribution is 0.188. The molecule has 4 N–H and O–H groups in total. The van der Waals surface area contributed by atoms with Crippen LogP contribution in [-0.2, 0) is 0 Å². The third-order valence-electron chi connectivity index (χ3n) is 4.39. The summed E-state index contributed by atoms with van der Waals surface area (Å²) in [5, 5.41) is 13.0. The average molecular weight is 363 g/mol. The number of nitrogens with one attached hydrogen (secondary N) is 1. The molecule has 0 spiro atoms. The highest BCUT2D eigenvalue weighted by molar-refractivity contribution is 6.30. The van der Waals surface area contributed by atoms with Crippen molar-refractivity contribution >= 4 is 34.6 Å². The SMILES string of the molecule is Cc1cc(Cl)ccc1Nc1ncnc(N2CCN(CCO)CC2)c1N. The Morgan fingerprint density at radius 1 is 1.24 bits per heavy atom. The Bertz CT molecular complexity index is 733. The van der Waals surface area contributed by atoms with Gasteiger partial charge in [-0.1, -0.05) is 11.6 Å². The maximum absolute atomic E-state index is 9.05. The van der Waals surface area contributed by atoms with Gasteiger partial charge in [0.25, 0.3) is 0 Å². The van der Waals surface area contributed by atoms with Crippen molar-refractivity contribution in [1.29, 1.82) is 0 Å². The summed E-state index contributed by atoms with van der Waals surface area (Å²) < 4.78 is 0. The van der Waals surface area contributed by atoms with Crippen LogP contribution in [0, 0.1) is 6.92 Å². The minimum atomic E-state index is 0.185. The van der Waals surface area contributed by atoms with Gasteiger partial charge in [-0.15, -0.1) is 0 Å². The highest BCUT2D eigenvalue weighted by atomic mass is 35.5. The Morgan fingerprint density at radius 3 is 2.68 bits per heavy atom. The van der Waals surface area contributed by atoms with Crippen molar-refractivity contribution in [1.82, 2.24) is 14.9 Å². The average Bonchev–Trinajstić information content (AvgIpc) is 2.60. The molecule has 134 valence electrons. The smallest absolute Gasteiger partial charge is 0.159 e. The number of hydrogen-bond donors (Lipinski definition) is 3. The number of aryl methyl sites for hydroxylation is 1. The number of β-amino-alcohol motifs (C(OH)–C–C–N with tert-alkyl or cyclic N) is 1. The van der Waals surface area contributed by atoms with Gasteiger partial charge in [0.2, 0.25) is 0 Å². The zero-order chi connectivity index (χ0) is 17.8. The molecule has 0 atom stereocenters. The molecule has 1 saturated heterocycles. The van der Waals surface area contributed by atoms with Crippen LogP contribution in [-0.4, -0.2) is 59.3 Å². The molecule has 0 bridgehead atoms. The Morgan fingerprint density at radius 2 is 2.00 bits per heavy atom. The molecule has 2 aromatic rings. The van der Waals surface area contributed by atoms with Crippen LogP contribution in [0.2, 0.25) is 5.02 Å². The van der Waals surface area contributed by atoms with Gasteiger partial charge in [0.15, 0.2) is 11.6 Å². The molecule has 1 aliphatic rings. The Labute approximate surface area is 152 Å². The van der Waals surface area contributed by atoms with Crippen molar-refractivity contribution in [2.75, 3.05) is 55.3 Å². The second-order valence-corrected chi connectivity index (χ2v) is 6.53. The van der Waals surface area contributed by atoms with Crippen LogP contribution in [0.5, 0.6) is 0 Å². The molecule has 8 heteroatoms. The Kier molecular flexibility index (Phi) is 5.57.